The van der Waals surface area contributed by atoms with Gasteiger partial charge in [-0.1, -0.05) is 346 Å². The molecule has 30 rings (SSSR count). The first-order chi connectivity index (χ1) is 69.8. The van der Waals surface area contributed by atoms with Gasteiger partial charge in [-0.15, -0.1) is 0 Å². The molecule has 3 spiro atoms. The van der Waals surface area contributed by atoms with Gasteiger partial charge in [-0.3, -0.25) is 15.0 Å². The van der Waals surface area contributed by atoms with E-state index in [0.717, 1.165) is 67.2 Å². The van der Waals surface area contributed by atoms with Crippen LogP contribution in [-0.2, 0) is 16.2 Å². The summed E-state index contributed by atoms with van der Waals surface area (Å²) in [6, 6.07) is 160. The van der Waals surface area contributed by atoms with Gasteiger partial charge in [0, 0.05) is 58.8 Å². The Kier molecular flexibility index (Phi) is 17.8. The molecule has 6 aliphatic rings. The Morgan fingerprint density at radius 1 is 0.184 bits per heavy atom. The van der Waals surface area contributed by atoms with E-state index in [-0.39, 0.29) is 0 Å². The molecule has 9 nitrogen and oxygen atoms in total. The average Bonchev–Trinajstić information content (AvgIpc) is 1.50. The van der Waals surface area contributed by atoms with Crippen LogP contribution in [0.1, 0.15) is 83.6 Å². The predicted molar refractivity (Wildman–Crippen MR) is 567 cm³/mol. The molecular formula is C132H75N9. The van der Waals surface area contributed by atoms with Gasteiger partial charge in [0.1, 0.15) is 17.8 Å². The lowest BCUT2D eigenvalue weighted by Crippen LogP contribution is -2.26. The lowest BCUT2D eigenvalue weighted by molar-refractivity contribution is 0.795. The van der Waals surface area contributed by atoms with Crippen LogP contribution in [-0.4, -0.2) is 29.9 Å². The molecular weight excluding hydrogens is 1710 g/mol. The van der Waals surface area contributed by atoms with E-state index in [4.69, 9.17) is 15.0 Å². The van der Waals surface area contributed by atoms with Crippen molar-refractivity contribution in [3.63, 3.8) is 0 Å². The molecule has 18 aromatic carbocycles. The van der Waals surface area contributed by atoms with Gasteiger partial charge in [0.25, 0.3) is 0 Å². The zero-order chi connectivity index (χ0) is 93.3. The molecule has 6 aromatic heterocycles. The molecule has 0 atom stereocenters. The van der Waals surface area contributed by atoms with Crippen LogP contribution < -0.4 is 0 Å². The van der Waals surface area contributed by atoms with Crippen molar-refractivity contribution < 1.29 is 0 Å². The highest BCUT2D eigenvalue weighted by Gasteiger charge is 2.57. The van der Waals surface area contributed by atoms with Crippen LogP contribution in [0.15, 0.2) is 456 Å². The summed E-state index contributed by atoms with van der Waals surface area (Å²) in [5.74, 6) is 0. The standard InChI is InChI=1S/3C44H25N3/c45-24-27-22-29(26-46-25-27)40-18-9-19-41(47-40)35-23-39-43(34-15-4-3-12-31(34)35)42-30-11-2-1-10-28(30)20-21-38(42)44(39)36-16-7-5-13-32(36)33-14-6-8-17-37(33)44;45-26-29-24-28(22-23-46-29)40-18-9-19-41(47-40)35-25-39-43(34-15-4-3-12-31(34)35)42-30-11-2-1-10-27(30)20-21-38(42)44(39)36-16-7-5-13-32(36)33-14-6-8-17-37(33)44;45-25-27-21-22-46-41(23-27)40-20-18-29(26-47-40)35-24-39-43(34-14-4-3-11-31(34)35)42-30-10-2-1-9-28(30)17-19-38(42)44(39)36-15-7-5-12-32(36)33-13-6-8-16-37(33)44/h1-23,25-26H;1-25H;1-24,26H. The monoisotopic (exact) mass is 1790 g/mol. The van der Waals surface area contributed by atoms with Crippen molar-refractivity contribution in [3.05, 3.63) is 539 Å². The van der Waals surface area contributed by atoms with Crippen molar-refractivity contribution in [3.8, 4) is 153 Å². The summed E-state index contributed by atoms with van der Waals surface area (Å²) in [6.07, 6.45) is 8.64. The third-order valence-electron chi connectivity index (χ3n) is 30.6. The second kappa shape index (κ2) is 31.2. The van der Waals surface area contributed by atoms with Gasteiger partial charge >= 0.3 is 0 Å². The minimum Gasteiger partial charge on any atom is -0.263 e. The Balaban J connectivity index is 0.000000104. The predicted octanol–water partition coefficient (Wildman–Crippen LogP) is 31.0. The average molecular weight is 1790 g/mol. The van der Waals surface area contributed by atoms with E-state index < -0.39 is 16.2 Å². The Labute approximate surface area is 812 Å². The van der Waals surface area contributed by atoms with Crippen LogP contribution in [0, 0.1) is 34.0 Å². The van der Waals surface area contributed by atoms with E-state index in [9.17, 15) is 15.8 Å². The SMILES string of the molecule is N#Cc1cc(-c2cccc(-c3cc4c(c5ccccc35)-c3c(ccc5ccccc35)C43c4ccccc4-c4ccccc43)n2)ccn1.N#Cc1ccnc(-c2ccc(-c3cc4c(c5ccccc35)-c3c(ccc5ccccc35)C43c4ccccc4-c4ccccc43)cn2)c1.N#Cc1cncc(-c2cccc(-c3cc4c(c5ccccc35)-c3c(ccc5ccccc35)C43c4ccccc4-c4ccccc43)n2)c1. The third kappa shape index (κ3) is 11.5. The third-order valence-corrected chi connectivity index (χ3v) is 30.6. The van der Waals surface area contributed by atoms with Crippen LogP contribution in [0.2, 0.25) is 0 Å². The minimum absolute atomic E-state index is 0.378. The maximum absolute atomic E-state index is 9.52. The molecule has 141 heavy (non-hydrogen) atoms. The lowest BCUT2D eigenvalue weighted by Gasteiger charge is -2.31. The largest absolute Gasteiger partial charge is 0.263 e. The number of nitrogens with zero attached hydrogens (tertiary/aromatic N) is 9. The molecule has 9 heteroatoms. The van der Waals surface area contributed by atoms with Gasteiger partial charge in [0.2, 0.25) is 0 Å². The number of nitriles is 3. The number of hydrogen-bond donors (Lipinski definition) is 0. The van der Waals surface area contributed by atoms with Gasteiger partial charge < -0.3 is 0 Å². The normalized spacial score (nSPS) is 13.3. The van der Waals surface area contributed by atoms with Crippen molar-refractivity contribution in [1.82, 2.24) is 29.9 Å². The zero-order valence-corrected chi connectivity index (χ0v) is 75.8. The molecule has 0 amide bonds. The minimum atomic E-state index is -0.483. The first-order valence-corrected chi connectivity index (χ1v) is 47.7. The Bertz CT molecular complexity index is 9220. The van der Waals surface area contributed by atoms with Crippen molar-refractivity contribution in [2.45, 2.75) is 16.2 Å². The van der Waals surface area contributed by atoms with E-state index in [1.54, 1.807) is 43.0 Å². The smallest absolute Gasteiger partial charge is 0.141 e. The zero-order valence-electron chi connectivity index (χ0n) is 75.8. The number of benzene rings is 18. The summed E-state index contributed by atoms with van der Waals surface area (Å²) in [7, 11) is 0. The lowest BCUT2D eigenvalue weighted by atomic mass is 9.70. The number of pyridine rings is 6. The molecule has 0 aliphatic heterocycles. The van der Waals surface area contributed by atoms with E-state index in [1.165, 1.54) is 193 Å². The van der Waals surface area contributed by atoms with Gasteiger partial charge in [0.15, 0.2) is 0 Å². The number of hydrogen-bond acceptors (Lipinski definition) is 9. The quantitative estimate of drug-likeness (QED) is 0.159. The first-order valence-electron chi connectivity index (χ1n) is 47.7. The molecule has 648 valence electrons. The number of aromatic nitrogens is 6. The Hall–Kier alpha value is -19.1. The molecule has 0 unspecified atom stereocenters. The second-order valence-corrected chi connectivity index (χ2v) is 37.2. The second-order valence-electron chi connectivity index (χ2n) is 37.2. The van der Waals surface area contributed by atoms with Gasteiger partial charge in [-0.2, -0.15) is 15.8 Å². The molecule has 24 aromatic rings. The maximum atomic E-state index is 9.52. The van der Waals surface area contributed by atoms with Crippen LogP contribution in [0.4, 0.5) is 0 Å². The summed E-state index contributed by atoms with van der Waals surface area (Å²) in [6.45, 7) is 0. The fourth-order valence-electron chi connectivity index (χ4n) is 25.1. The highest BCUT2D eigenvalue weighted by Crippen LogP contribution is 2.70. The number of rotatable bonds is 6. The molecule has 0 N–H and O–H groups in total. The highest BCUT2D eigenvalue weighted by atomic mass is 14.8. The molecule has 6 heterocycles. The van der Waals surface area contributed by atoms with E-state index >= 15 is 0 Å². The van der Waals surface area contributed by atoms with Crippen molar-refractivity contribution >= 4 is 64.6 Å². The summed E-state index contributed by atoms with van der Waals surface area (Å²) < 4.78 is 0. The topological polar surface area (TPSA) is 149 Å². The molecule has 6 aliphatic carbocycles. The van der Waals surface area contributed by atoms with Crippen molar-refractivity contribution in [1.29, 1.82) is 15.8 Å². The van der Waals surface area contributed by atoms with Crippen LogP contribution in [0.3, 0.4) is 0 Å². The molecule has 0 saturated carbocycles. The van der Waals surface area contributed by atoms with Crippen LogP contribution in [0.5, 0.6) is 0 Å². The first kappa shape index (κ1) is 80.4. The summed E-state index contributed by atoms with van der Waals surface area (Å²) in [4.78, 5) is 28.3. The number of fused-ring (bicyclic) bond motifs is 42. The molecule has 0 fully saturated rings. The maximum Gasteiger partial charge on any atom is 0.141 e. The summed E-state index contributed by atoms with van der Waals surface area (Å²) in [5, 5.41) is 43.2. The van der Waals surface area contributed by atoms with Crippen LogP contribution >= 0.6 is 0 Å². The van der Waals surface area contributed by atoms with Crippen molar-refractivity contribution in [2.24, 2.45) is 0 Å². The fourth-order valence-corrected chi connectivity index (χ4v) is 25.1. The van der Waals surface area contributed by atoms with Gasteiger partial charge in [-0.05, 0) is 283 Å². The van der Waals surface area contributed by atoms with E-state index in [0.29, 0.717) is 22.5 Å². The Morgan fingerprint density at radius 3 is 0.943 bits per heavy atom. The molecule has 0 radical (unpaired) electrons. The van der Waals surface area contributed by atoms with E-state index in [1.807, 2.05) is 36.5 Å². The van der Waals surface area contributed by atoms with Crippen LogP contribution in [0.25, 0.3) is 199 Å². The van der Waals surface area contributed by atoms with Crippen molar-refractivity contribution in [2.75, 3.05) is 0 Å². The molecule has 0 bridgehead atoms. The summed E-state index contributed by atoms with van der Waals surface area (Å²) in [5.41, 5.74) is 42.3. The van der Waals surface area contributed by atoms with E-state index in [2.05, 4.69) is 409 Å². The van der Waals surface area contributed by atoms with Gasteiger partial charge in [0.05, 0.1) is 67.6 Å². The Morgan fingerprint density at radius 2 is 0.539 bits per heavy atom. The summed E-state index contributed by atoms with van der Waals surface area (Å²) >= 11 is 0. The fraction of sp³-hybridized carbons (Fsp3) is 0.0227. The molecule has 0 saturated heterocycles. The van der Waals surface area contributed by atoms with Gasteiger partial charge in [-0.25, -0.2) is 15.0 Å². The highest BCUT2D eigenvalue weighted by molar-refractivity contribution is 6.21.